The van der Waals surface area contributed by atoms with Crippen LogP contribution in [0.25, 0.3) is 0 Å². The van der Waals surface area contributed by atoms with Crippen molar-refractivity contribution in [3.8, 4) is 0 Å². The van der Waals surface area contributed by atoms with Crippen LogP contribution >= 0.6 is 0 Å². The number of halogens is 2. The van der Waals surface area contributed by atoms with Crippen LogP contribution in [0.2, 0.25) is 0 Å². The molecule has 0 fully saturated rings. The highest BCUT2D eigenvalue weighted by Crippen LogP contribution is 1.96. The third-order valence-corrected chi connectivity index (χ3v) is 1.64. The van der Waals surface area contributed by atoms with Gasteiger partial charge in [-0.3, -0.25) is 4.98 Å². The van der Waals surface area contributed by atoms with Crippen LogP contribution in [0.3, 0.4) is 0 Å². The summed E-state index contributed by atoms with van der Waals surface area (Å²) in [6.07, 6.45) is 1.89. The quantitative estimate of drug-likeness (QED) is 0.704. The number of rotatable bonds is 5. The van der Waals surface area contributed by atoms with Crippen LogP contribution in [0.5, 0.6) is 0 Å². The minimum Gasteiger partial charge on any atom is -0.311 e. The van der Waals surface area contributed by atoms with Crippen LogP contribution in [0.1, 0.15) is 5.56 Å². The van der Waals surface area contributed by atoms with Gasteiger partial charge in [-0.2, -0.15) is 0 Å². The van der Waals surface area contributed by atoms with Gasteiger partial charge in [-0.15, -0.1) is 0 Å². The number of hydrogen-bond acceptors (Lipinski definition) is 2. The van der Waals surface area contributed by atoms with Crippen LogP contribution in [0.4, 0.5) is 8.78 Å². The first kappa shape index (κ1) is 10.1. The summed E-state index contributed by atoms with van der Waals surface area (Å²) in [6, 6.07) is 3.76. The molecule has 0 bridgehead atoms. The summed E-state index contributed by atoms with van der Waals surface area (Å²) in [5, 5.41) is 2.66. The van der Waals surface area contributed by atoms with E-state index in [0.717, 1.165) is 12.0 Å². The molecule has 0 aliphatic heterocycles. The fraction of sp³-hybridized carbons (Fsp3) is 0.444. The summed E-state index contributed by atoms with van der Waals surface area (Å²) in [5.41, 5.74) is 1.11. The van der Waals surface area contributed by atoms with E-state index in [1.165, 1.54) is 0 Å². The largest absolute Gasteiger partial charge is 0.311 e. The second-order valence-electron chi connectivity index (χ2n) is 2.70. The normalized spacial score (nSPS) is 10.7. The second-order valence-corrected chi connectivity index (χ2v) is 2.70. The average molecular weight is 186 g/mol. The van der Waals surface area contributed by atoms with E-state index in [2.05, 4.69) is 10.3 Å². The van der Waals surface area contributed by atoms with Gasteiger partial charge in [0, 0.05) is 12.4 Å². The number of hydrogen-bond donors (Lipinski definition) is 1. The predicted octanol–water partition coefficient (Wildman–Crippen LogP) is 1.48. The molecule has 1 heterocycles. The van der Waals surface area contributed by atoms with Gasteiger partial charge in [-0.1, -0.05) is 0 Å². The van der Waals surface area contributed by atoms with Crippen LogP contribution in [0, 0.1) is 0 Å². The Morgan fingerprint density at radius 1 is 1.31 bits per heavy atom. The predicted molar refractivity (Wildman–Crippen MR) is 46.8 cm³/mol. The second kappa shape index (κ2) is 5.59. The first-order valence-corrected chi connectivity index (χ1v) is 4.17. The van der Waals surface area contributed by atoms with Gasteiger partial charge < -0.3 is 5.32 Å². The third kappa shape index (κ3) is 4.52. The Balaban J connectivity index is 2.13. The highest BCUT2D eigenvalue weighted by Gasteiger charge is 1.99. The van der Waals surface area contributed by atoms with Gasteiger partial charge in [0.2, 0.25) is 0 Å². The molecule has 1 rings (SSSR count). The van der Waals surface area contributed by atoms with Gasteiger partial charge in [-0.05, 0) is 30.7 Å². The van der Waals surface area contributed by atoms with Crippen molar-refractivity contribution in [1.29, 1.82) is 0 Å². The van der Waals surface area contributed by atoms with E-state index in [4.69, 9.17) is 0 Å². The number of nitrogens with one attached hydrogen (secondary N) is 1. The van der Waals surface area contributed by atoms with Crippen LogP contribution < -0.4 is 5.32 Å². The van der Waals surface area contributed by atoms with E-state index >= 15 is 0 Å². The zero-order valence-electron chi connectivity index (χ0n) is 7.21. The highest BCUT2D eigenvalue weighted by molar-refractivity contribution is 5.09. The first-order valence-electron chi connectivity index (χ1n) is 4.17. The molecule has 1 N–H and O–H groups in total. The lowest BCUT2D eigenvalue weighted by atomic mass is 10.2. The summed E-state index contributed by atoms with van der Waals surface area (Å²) in [4.78, 5) is 3.86. The van der Waals surface area contributed by atoms with Crippen molar-refractivity contribution >= 4 is 0 Å². The fourth-order valence-corrected chi connectivity index (χ4v) is 0.993. The molecule has 0 atom stereocenters. The van der Waals surface area contributed by atoms with Crippen LogP contribution in [-0.2, 0) is 6.42 Å². The van der Waals surface area contributed by atoms with Gasteiger partial charge in [-0.25, -0.2) is 8.78 Å². The monoisotopic (exact) mass is 186 g/mol. The SMILES string of the molecule is FC(F)CNCCc1ccncc1. The maximum Gasteiger partial charge on any atom is 0.250 e. The molecule has 0 aromatic carbocycles. The zero-order chi connectivity index (χ0) is 9.52. The summed E-state index contributed by atoms with van der Waals surface area (Å²) in [6.45, 7) is 0.347. The summed E-state index contributed by atoms with van der Waals surface area (Å²) in [5.74, 6) is 0. The lowest BCUT2D eigenvalue weighted by Gasteiger charge is -2.03. The van der Waals surface area contributed by atoms with Gasteiger partial charge in [0.15, 0.2) is 0 Å². The molecule has 0 aliphatic carbocycles. The maximum absolute atomic E-state index is 11.7. The molecule has 0 spiro atoms. The number of alkyl halides is 2. The van der Waals surface area contributed by atoms with Crippen molar-refractivity contribution < 1.29 is 8.78 Å². The van der Waals surface area contributed by atoms with Crippen LogP contribution in [0.15, 0.2) is 24.5 Å². The van der Waals surface area contributed by atoms with Crippen molar-refractivity contribution in [3.05, 3.63) is 30.1 Å². The summed E-state index contributed by atoms with van der Waals surface area (Å²) < 4.78 is 23.4. The molecule has 2 nitrogen and oxygen atoms in total. The van der Waals surface area contributed by atoms with Crippen molar-refractivity contribution in [2.45, 2.75) is 12.8 Å². The Bertz CT molecular complexity index is 226. The minimum atomic E-state index is -2.27. The summed E-state index contributed by atoms with van der Waals surface area (Å²) >= 11 is 0. The van der Waals surface area contributed by atoms with E-state index in [1.54, 1.807) is 12.4 Å². The smallest absolute Gasteiger partial charge is 0.250 e. The molecule has 1 aromatic heterocycles. The Labute approximate surface area is 76.0 Å². The highest BCUT2D eigenvalue weighted by atomic mass is 19.3. The van der Waals surface area contributed by atoms with Gasteiger partial charge in [0.05, 0.1) is 6.54 Å². The van der Waals surface area contributed by atoms with Gasteiger partial charge in [0.1, 0.15) is 0 Å². The molecule has 0 saturated heterocycles. The Hall–Kier alpha value is -1.03. The molecular weight excluding hydrogens is 174 g/mol. The maximum atomic E-state index is 11.7. The molecule has 0 unspecified atom stereocenters. The molecule has 72 valence electrons. The molecule has 1 aromatic rings. The topological polar surface area (TPSA) is 24.9 Å². The fourth-order valence-electron chi connectivity index (χ4n) is 0.993. The third-order valence-electron chi connectivity index (χ3n) is 1.64. The molecule has 0 radical (unpaired) electrons. The molecule has 0 aliphatic rings. The van der Waals surface area contributed by atoms with Gasteiger partial charge >= 0.3 is 0 Å². The first-order chi connectivity index (χ1) is 6.29. The zero-order valence-corrected chi connectivity index (χ0v) is 7.21. The van der Waals surface area contributed by atoms with Crippen molar-refractivity contribution in [3.63, 3.8) is 0 Å². The molecular formula is C9H12F2N2. The number of aromatic nitrogens is 1. The lowest BCUT2D eigenvalue weighted by molar-refractivity contribution is 0.146. The number of pyridine rings is 1. The standard InChI is InChI=1S/C9H12F2N2/c10-9(11)7-13-6-3-8-1-4-12-5-2-8/h1-2,4-5,9,13H,3,6-7H2. The Morgan fingerprint density at radius 2 is 2.00 bits per heavy atom. The molecule has 4 heteroatoms. The minimum absolute atomic E-state index is 0.231. The van der Waals surface area contributed by atoms with Crippen LogP contribution in [-0.4, -0.2) is 24.5 Å². The van der Waals surface area contributed by atoms with Crippen molar-refractivity contribution in [2.24, 2.45) is 0 Å². The van der Waals surface area contributed by atoms with Crippen molar-refractivity contribution in [1.82, 2.24) is 10.3 Å². The Morgan fingerprint density at radius 3 is 2.62 bits per heavy atom. The van der Waals surface area contributed by atoms with E-state index in [0.29, 0.717) is 6.54 Å². The van der Waals surface area contributed by atoms with E-state index < -0.39 is 6.43 Å². The molecule has 0 amide bonds. The summed E-state index contributed by atoms with van der Waals surface area (Å²) in [7, 11) is 0. The van der Waals surface area contributed by atoms with E-state index in [9.17, 15) is 8.78 Å². The van der Waals surface area contributed by atoms with E-state index in [-0.39, 0.29) is 6.54 Å². The van der Waals surface area contributed by atoms with Crippen molar-refractivity contribution in [2.75, 3.05) is 13.1 Å². The Kier molecular flexibility index (Phi) is 4.32. The lowest BCUT2D eigenvalue weighted by Crippen LogP contribution is -2.23. The van der Waals surface area contributed by atoms with Gasteiger partial charge in [0.25, 0.3) is 6.43 Å². The average Bonchev–Trinajstić information content (AvgIpc) is 2.14. The molecule has 0 saturated carbocycles. The molecule has 13 heavy (non-hydrogen) atoms. The van der Waals surface area contributed by atoms with E-state index in [1.807, 2.05) is 12.1 Å². The number of nitrogens with zero attached hydrogens (tertiary/aromatic N) is 1.